The van der Waals surface area contributed by atoms with Crippen molar-refractivity contribution < 1.29 is 10.1 Å². The number of halogens is 1. The van der Waals surface area contributed by atoms with Crippen LogP contribution >= 0.6 is 15.9 Å². The SMILES string of the molecule is CC[C@H]([NH2+]CC(=O)Nc1cccc(C)c1C)c1ccc(Br)cc1. The van der Waals surface area contributed by atoms with Crippen LogP contribution in [0.4, 0.5) is 5.69 Å². The Kier molecular flexibility index (Phi) is 6.37. The van der Waals surface area contributed by atoms with E-state index < -0.39 is 0 Å². The fourth-order valence-electron chi connectivity index (χ4n) is 2.59. The second-order valence-corrected chi connectivity index (χ2v) is 6.72. The number of carbonyl (C=O) groups is 1. The number of hydrogen-bond donors (Lipinski definition) is 2. The molecule has 0 aliphatic rings. The topological polar surface area (TPSA) is 45.7 Å². The summed E-state index contributed by atoms with van der Waals surface area (Å²) in [4.78, 5) is 12.2. The number of carbonyl (C=O) groups excluding carboxylic acids is 1. The molecule has 23 heavy (non-hydrogen) atoms. The normalized spacial score (nSPS) is 12.0. The van der Waals surface area contributed by atoms with Crippen LogP contribution in [0.1, 0.15) is 36.1 Å². The molecule has 1 amide bonds. The van der Waals surface area contributed by atoms with Crippen molar-refractivity contribution in [2.24, 2.45) is 0 Å². The van der Waals surface area contributed by atoms with Crippen LogP contribution in [0.2, 0.25) is 0 Å². The maximum atomic E-state index is 12.2. The summed E-state index contributed by atoms with van der Waals surface area (Å²) in [6.07, 6.45) is 0.985. The van der Waals surface area contributed by atoms with Gasteiger partial charge in [0.05, 0.1) is 0 Å². The van der Waals surface area contributed by atoms with Crippen molar-refractivity contribution in [3.8, 4) is 0 Å². The van der Waals surface area contributed by atoms with E-state index in [1.807, 2.05) is 31.2 Å². The number of nitrogens with one attached hydrogen (secondary N) is 1. The van der Waals surface area contributed by atoms with Crippen LogP contribution in [0.3, 0.4) is 0 Å². The van der Waals surface area contributed by atoms with Crippen LogP contribution in [0, 0.1) is 13.8 Å². The molecule has 0 aliphatic carbocycles. The highest BCUT2D eigenvalue weighted by molar-refractivity contribution is 9.10. The second-order valence-electron chi connectivity index (χ2n) is 5.80. The first-order valence-electron chi connectivity index (χ1n) is 7.96. The number of nitrogens with two attached hydrogens (primary N) is 1. The quantitative estimate of drug-likeness (QED) is 0.793. The summed E-state index contributed by atoms with van der Waals surface area (Å²) in [6, 6.07) is 14.6. The lowest BCUT2D eigenvalue weighted by molar-refractivity contribution is -0.686. The number of hydrogen-bond acceptors (Lipinski definition) is 1. The first kappa shape index (κ1) is 17.7. The van der Waals surface area contributed by atoms with Crippen LogP contribution in [0.15, 0.2) is 46.9 Å². The standard InChI is InChI=1S/C19H23BrN2O/c1-4-17(15-8-10-16(20)11-9-15)21-12-19(23)22-18-7-5-6-13(2)14(18)3/h5-11,17,21H,4,12H2,1-3H3,(H,22,23)/p+1/t17-/m0/s1. The third-order valence-corrected chi connectivity index (χ3v) is 4.73. The van der Waals surface area contributed by atoms with Crippen LogP contribution in [-0.4, -0.2) is 12.5 Å². The second kappa shape index (κ2) is 8.27. The summed E-state index contributed by atoms with van der Waals surface area (Å²) in [7, 11) is 0. The van der Waals surface area contributed by atoms with Gasteiger partial charge < -0.3 is 10.6 Å². The van der Waals surface area contributed by atoms with Gasteiger partial charge in [-0.2, -0.15) is 0 Å². The smallest absolute Gasteiger partial charge is 0.279 e. The van der Waals surface area contributed by atoms with Gasteiger partial charge in [-0.1, -0.05) is 47.1 Å². The number of rotatable bonds is 6. The van der Waals surface area contributed by atoms with E-state index in [4.69, 9.17) is 0 Å². The van der Waals surface area contributed by atoms with E-state index in [1.54, 1.807) is 0 Å². The zero-order valence-corrected chi connectivity index (χ0v) is 15.5. The van der Waals surface area contributed by atoms with Gasteiger partial charge >= 0.3 is 0 Å². The summed E-state index contributed by atoms with van der Waals surface area (Å²) < 4.78 is 1.07. The molecule has 0 unspecified atom stereocenters. The minimum absolute atomic E-state index is 0.0364. The van der Waals surface area contributed by atoms with E-state index in [1.165, 1.54) is 11.1 Å². The Morgan fingerprint density at radius 3 is 2.52 bits per heavy atom. The largest absolute Gasteiger partial charge is 0.332 e. The van der Waals surface area contributed by atoms with Gasteiger partial charge in [-0.3, -0.25) is 4.79 Å². The maximum Gasteiger partial charge on any atom is 0.279 e. The van der Waals surface area contributed by atoms with E-state index in [0.717, 1.165) is 22.1 Å². The van der Waals surface area contributed by atoms with Crippen LogP contribution < -0.4 is 10.6 Å². The van der Waals surface area contributed by atoms with Crippen LogP contribution in [0.5, 0.6) is 0 Å². The summed E-state index contributed by atoms with van der Waals surface area (Å²) in [5, 5.41) is 5.11. The third-order valence-electron chi connectivity index (χ3n) is 4.20. The molecule has 0 saturated carbocycles. The molecular weight excluding hydrogens is 352 g/mol. The third kappa shape index (κ3) is 4.91. The molecule has 4 heteroatoms. The molecule has 0 aliphatic heterocycles. The molecule has 0 fully saturated rings. The highest BCUT2D eigenvalue weighted by Gasteiger charge is 2.15. The molecule has 2 aromatic rings. The Hall–Kier alpha value is -1.65. The van der Waals surface area contributed by atoms with Crippen molar-refractivity contribution in [1.82, 2.24) is 0 Å². The van der Waals surface area contributed by atoms with Gasteiger partial charge in [-0.25, -0.2) is 0 Å². The van der Waals surface area contributed by atoms with Crippen molar-refractivity contribution in [2.75, 3.05) is 11.9 Å². The lowest BCUT2D eigenvalue weighted by Gasteiger charge is -2.15. The summed E-state index contributed by atoms with van der Waals surface area (Å²) >= 11 is 3.45. The highest BCUT2D eigenvalue weighted by Crippen LogP contribution is 2.18. The predicted molar refractivity (Wildman–Crippen MR) is 98.5 cm³/mol. The minimum atomic E-state index is 0.0364. The molecule has 0 heterocycles. The Morgan fingerprint density at radius 2 is 1.87 bits per heavy atom. The predicted octanol–water partition coefficient (Wildman–Crippen LogP) is 3.72. The molecular formula is C19H24BrN2O+. The fraction of sp³-hybridized carbons (Fsp3) is 0.316. The average molecular weight is 376 g/mol. The van der Waals surface area contributed by atoms with E-state index in [-0.39, 0.29) is 5.91 Å². The van der Waals surface area contributed by atoms with Gasteiger partial charge in [-0.05, 0) is 43.2 Å². The highest BCUT2D eigenvalue weighted by atomic mass is 79.9. The molecule has 0 saturated heterocycles. The molecule has 0 radical (unpaired) electrons. The van der Waals surface area contributed by atoms with Crippen molar-refractivity contribution in [2.45, 2.75) is 33.2 Å². The number of amides is 1. The Balaban J connectivity index is 1.94. The zero-order chi connectivity index (χ0) is 16.8. The Bertz CT molecular complexity index is 668. The Labute approximate surface area is 146 Å². The van der Waals surface area contributed by atoms with Gasteiger partial charge in [-0.15, -0.1) is 0 Å². The van der Waals surface area contributed by atoms with Gasteiger partial charge in [0.1, 0.15) is 6.04 Å². The summed E-state index contributed by atoms with van der Waals surface area (Å²) in [5.41, 5.74) is 4.46. The molecule has 1 atom stereocenters. The monoisotopic (exact) mass is 375 g/mol. The van der Waals surface area contributed by atoms with Gasteiger partial charge in [0, 0.05) is 22.1 Å². The first-order chi connectivity index (χ1) is 11.0. The molecule has 0 bridgehead atoms. The van der Waals surface area contributed by atoms with Gasteiger partial charge in [0.25, 0.3) is 5.91 Å². The van der Waals surface area contributed by atoms with E-state index in [0.29, 0.717) is 12.6 Å². The lowest BCUT2D eigenvalue weighted by Crippen LogP contribution is -2.87. The average Bonchev–Trinajstić information content (AvgIpc) is 2.54. The van der Waals surface area contributed by atoms with Gasteiger partial charge in [0.15, 0.2) is 6.54 Å². The summed E-state index contributed by atoms with van der Waals surface area (Å²) in [5.74, 6) is 0.0364. The molecule has 0 aromatic heterocycles. The number of aryl methyl sites for hydroxylation is 1. The molecule has 2 aromatic carbocycles. The Morgan fingerprint density at radius 1 is 1.17 bits per heavy atom. The number of anilines is 1. The van der Waals surface area contributed by atoms with Crippen LogP contribution in [0.25, 0.3) is 0 Å². The zero-order valence-electron chi connectivity index (χ0n) is 13.9. The molecule has 0 spiro atoms. The minimum Gasteiger partial charge on any atom is -0.332 e. The van der Waals surface area contributed by atoms with E-state index in [2.05, 4.69) is 58.6 Å². The van der Waals surface area contributed by atoms with Crippen molar-refractivity contribution >= 4 is 27.5 Å². The fourth-order valence-corrected chi connectivity index (χ4v) is 2.85. The van der Waals surface area contributed by atoms with E-state index >= 15 is 0 Å². The number of benzene rings is 2. The van der Waals surface area contributed by atoms with Crippen LogP contribution in [-0.2, 0) is 4.79 Å². The van der Waals surface area contributed by atoms with Crippen molar-refractivity contribution in [3.05, 3.63) is 63.6 Å². The van der Waals surface area contributed by atoms with Crippen molar-refractivity contribution in [1.29, 1.82) is 0 Å². The molecule has 3 N–H and O–H groups in total. The van der Waals surface area contributed by atoms with Gasteiger partial charge in [0.2, 0.25) is 0 Å². The summed E-state index contributed by atoms with van der Waals surface area (Å²) in [6.45, 7) is 6.65. The van der Waals surface area contributed by atoms with E-state index in [9.17, 15) is 4.79 Å². The lowest BCUT2D eigenvalue weighted by atomic mass is 10.0. The maximum absolute atomic E-state index is 12.2. The number of quaternary nitrogens is 1. The molecule has 3 nitrogen and oxygen atoms in total. The molecule has 2 rings (SSSR count). The molecule has 122 valence electrons. The van der Waals surface area contributed by atoms with Crippen molar-refractivity contribution in [3.63, 3.8) is 0 Å². The first-order valence-corrected chi connectivity index (χ1v) is 8.75.